The smallest absolute Gasteiger partial charge is 0.331 e. The second kappa shape index (κ2) is 6.78. The van der Waals surface area contributed by atoms with E-state index in [0.29, 0.717) is 17.0 Å². The number of nitrogens with one attached hydrogen (secondary N) is 2. The van der Waals surface area contributed by atoms with Gasteiger partial charge in [0.05, 0.1) is 5.69 Å². The fourth-order valence-electron chi connectivity index (χ4n) is 3.60. The van der Waals surface area contributed by atoms with Gasteiger partial charge in [-0.1, -0.05) is 0 Å². The summed E-state index contributed by atoms with van der Waals surface area (Å²) in [6.45, 7) is 3.36. The molecule has 0 saturated carbocycles. The predicted octanol–water partition coefficient (Wildman–Crippen LogP) is 1.16. The molecule has 1 aliphatic rings. The van der Waals surface area contributed by atoms with Crippen molar-refractivity contribution >= 4 is 11.9 Å². The van der Waals surface area contributed by atoms with Crippen molar-refractivity contribution in [3.63, 3.8) is 0 Å². The molecule has 0 radical (unpaired) electrons. The Labute approximate surface area is 150 Å². The fourth-order valence-corrected chi connectivity index (χ4v) is 3.60. The molecule has 1 amide bonds. The minimum Gasteiger partial charge on any atom is -0.479 e. The number of nitrogens with zero attached hydrogens (tertiary/aromatic N) is 2. The number of fused-ring (bicyclic) bond motifs is 1. The number of pyridine rings is 1. The van der Waals surface area contributed by atoms with Crippen molar-refractivity contribution in [1.82, 2.24) is 20.1 Å². The Hall–Kier alpha value is -2.90. The van der Waals surface area contributed by atoms with Crippen molar-refractivity contribution in [2.24, 2.45) is 7.05 Å². The number of H-pyrrole nitrogens is 1. The Morgan fingerprint density at radius 1 is 1.31 bits per heavy atom. The quantitative estimate of drug-likeness (QED) is 0.758. The maximum absolute atomic E-state index is 12.7. The van der Waals surface area contributed by atoms with Gasteiger partial charge < -0.3 is 15.0 Å². The molecule has 1 aliphatic carbocycles. The van der Waals surface area contributed by atoms with Crippen LogP contribution in [0, 0.1) is 13.8 Å². The molecule has 1 atom stereocenters. The van der Waals surface area contributed by atoms with Gasteiger partial charge in [0.25, 0.3) is 11.5 Å². The van der Waals surface area contributed by atoms with Gasteiger partial charge in [-0.25, -0.2) is 4.79 Å². The summed E-state index contributed by atoms with van der Waals surface area (Å²) in [6, 6.07) is 0.335. The van der Waals surface area contributed by atoms with Crippen LogP contribution in [0.3, 0.4) is 0 Å². The molecule has 2 heterocycles. The van der Waals surface area contributed by atoms with E-state index in [0.717, 1.165) is 36.9 Å². The summed E-state index contributed by atoms with van der Waals surface area (Å²) in [5.74, 6) is -1.90. The Morgan fingerprint density at radius 3 is 2.62 bits per heavy atom. The summed E-state index contributed by atoms with van der Waals surface area (Å²) in [5.41, 5.74) is 2.95. The van der Waals surface area contributed by atoms with Crippen molar-refractivity contribution in [2.45, 2.75) is 45.6 Å². The number of carboxylic acid groups (broad SMARTS) is 1. The normalized spacial score (nSPS) is 14.6. The number of hydrogen-bond donors (Lipinski definition) is 3. The third-order valence-electron chi connectivity index (χ3n) is 4.98. The van der Waals surface area contributed by atoms with E-state index in [1.807, 2.05) is 0 Å². The number of carboxylic acids is 1. The zero-order valence-corrected chi connectivity index (χ0v) is 15.0. The van der Waals surface area contributed by atoms with Crippen LogP contribution in [0.15, 0.2) is 10.9 Å². The highest BCUT2D eigenvalue weighted by molar-refractivity contribution is 5.96. The average Bonchev–Trinajstić information content (AvgIpc) is 2.94. The van der Waals surface area contributed by atoms with E-state index < -0.39 is 23.5 Å². The molecule has 138 valence electrons. The number of aromatic amines is 1. The number of aliphatic carboxylic acids is 1. The number of amides is 1. The molecule has 2 aromatic rings. The molecule has 0 bridgehead atoms. The molecular weight excluding hydrogens is 336 g/mol. The van der Waals surface area contributed by atoms with E-state index in [1.165, 1.54) is 4.57 Å². The van der Waals surface area contributed by atoms with E-state index in [9.17, 15) is 19.5 Å². The second-order valence-corrected chi connectivity index (χ2v) is 6.69. The standard InChI is InChI=1S/C18H22N4O4/c1-9-14(10(2)21-20-9)15(18(25)26)19-16(23)12-8-11-6-4-5-7-13(11)22(3)17(12)24/h8,15H,4-7H2,1-3H3,(H,19,23)(H,20,21)(H,25,26). The number of carbonyl (C=O) groups excluding carboxylic acids is 1. The van der Waals surface area contributed by atoms with Gasteiger partial charge in [0, 0.05) is 24.0 Å². The van der Waals surface area contributed by atoms with Crippen LogP contribution in [-0.4, -0.2) is 31.7 Å². The topological polar surface area (TPSA) is 117 Å². The SMILES string of the molecule is Cc1n[nH]c(C)c1C(NC(=O)c1cc2c(n(C)c1=O)CCCC2)C(=O)O. The van der Waals surface area contributed by atoms with Gasteiger partial charge >= 0.3 is 5.97 Å². The van der Waals surface area contributed by atoms with Crippen LogP contribution in [0.4, 0.5) is 0 Å². The lowest BCUT2D eigenvalue weighted by molar-refractivity contribution is -0.139. The summed E-state index contributed by atoms with van der Waals surface area (Å²) in [4.78, 5) is 37.0. The van der Waals surface area contributed by atoms with Gasteiger partial charge in [-0.2, -0.15) is 5.10 Å². The molecule has 8 heteroatoms. The van der Waals surface area contributed by atoms with Gasteiger partial charge in [-0.15, -0.1) is 0 Å². The maximum atomic E-state index is 12.7. The summed E-state index contributed by atoms with van der Waals surface area (Å²) in [5, 5.41) is 18.7. The van der Waals surface area contributed by atoms with Crippen LogP contribution in [-0.2, 0) is 24.7 Å². The third-order valence-corrected chi connectivity index (χ3v) is 4.98. The largest absolute Gasteiger partial charge is 0.479 e. The van der Waals surface area contributed by atoms with Gasteiger partial charge in [0.2, 0.25) is 0 Å². The molecule has 0 aromatic carbocycles. The molecule has 0 aliphatic heterocycles. The molecular formula is C18H22N4O4. The first-order valence-corrected chi connectivity index (χ1v) is 8.58. The molecule has 1 unspecified atom stereocenters. The van der Waals surface area contributed by atoms with Gasteiger partial charge in [0.1, 0.15) is 5.56 Å². The third kappa shape index (κ3) is 3.02. The van der Waals surface area contributed by atoms with Crippen LogP contribution < -0.4 is 10.9 Å². The van der Waals surface area contributed by atoms with Crippen molar-refractivity contribution < 1.29 is 14.7 Å². The zero-order chi connectivity index (χ0) is 19.0. The Morgan fingerprint density at radius 2 is 2.00 bits per heavy atom. The summed E-state index contributed by atoms with van der Waals surface area (Å²) in [7, 11) is 1.66. The first-order valence-electron chi connectivity index (χ1n) is 8.58. The highest BCUT2D eigenvalue weighted by Crippen LogP contribution is 2.22. The van der Waals surface area contributed by atoms with E-state index >= 15 is 0 Å². The van der Waals surface area contributed by atoms with Crippen molar-refractivity contribution in [2.75, 3.05) is 0 Å². The number of aryl methyl sites for hydroxylation is 3. The van der Waals surface area contributed by atoms with Crippen LogP contribution in [0.25, 0.3) is 0 Å². The Kier molecular flexibility index (Phi) is 4.67. The summed E-state index contributed by atoms with van der Waals surface area (Å²) < 4.78 is 1.51. The monoisotopic (exact) mass is 358 g/mol. The molecule has 26 heavy (non-hydrogen) atoms. The van der Waals surface area contributed by atoms with Crippen molar-refractivity contribution in [3.8, 4) is 0 Å². The second-order valence-electron chi connectivity index (χ2n) is 6.69. The van der Waals surface area contributed by atoms with E-state index in [2.05, 4.69) is 15.5 Å². The van der Waals surface area contributed by atoms with E-state index in [-0.39, 0.29) is 5.56 Å². The highest BCUT2D eigenvalue weighted by Gasteiger charge is 2.29. The lowest BCUT2D eigenvalue weighted by Gasteiger charge is -2.21. The summed E-state index contributed by atoms with van der Waals surface area (Å²) >= 11 is 0. The van der Waals surface area contributed by atoms with Crippen molar-refractivity contribution in [3.05, 3.63) is 50.2 Å². The van der Waals surface area contributed by atoms with E-state index in [4.69, 9.17) is 0 Å². The number of rotatable bonds is 4. The van der Waals surface area contributed by atoms with Gasteiger partial charge in [-0.3, -0.25) is 14.7 Å². The first-order chi connectivity index (χ1) is 12.3. The van der Waals surface area contributed by atoms with Gasteiger partial charge in [0.15, 0.2) is 6.04 Å². The maximum Gasteiger partial charge on any atom is 0.331 e. The zero-order valence-electron chi connectivity index (χ0n) is 15.0. The molecule has 0 spiro atoms. The predicted molar refractivity (Wildman–Crippen MR) is 94.2 cm³/mol. The Bertz CT molecular complexity index is 922. The van der Waals surface area contributed by atoms with Crippen LogP contribution >= 0.6 is 0 Å². The van der Waals surface area contributed by atoms with Crippen LogP contribution in [0.2, 0.25) is 0 Å². The van der Waals surface area contributed by atoms with Crippen LogP contribution in [0.1, 0.15) is 57.5 Å². The number of carbonyl (C=O) groups is 2. The molecule has 0 saturated heterocycles. The lowest BCUT2D eigenvalue weighted by atomic mass is 9.94. The lowest BCUT2D eigenvalue weighted by Crippen LogP contribution is -2.39. The average molecular weight is 358 g/mol. The molecule has 8 nitrogen and oxygen atoms in total. The molecule has 3 rings (SSSR count). The Balaban J connectivity index is 1.98. The highest BCUT2D eigenvalue weighted by atomic mass is 16.4. The van der Waals surface area contributed by atoms with Crippen molar-refractivity contribution in [1.29, 1.82) is 0 Å². The molecule has 0 fully saturated rings. The summed E-state index contributed by atoms with van der Waals surface area (Å²) in [6.07, 6.45) is 3.66. The minimum atomic E-state index is -1.28. The van der Waals surface area contributed by atoms with Gasteiger partial charge in [-0.05, 0) is 51.2 Å². The van der Waals surface area contributed by atoms with Crippen LogP contribution in [0.5, 0.6) is 0 Å². The molecule has 3 N–H and O–H groups in total. The number of aromatic nitrogens is 3. The minimum absolute atomic E-state index is 0.0294. The fraction of sp³-hybridized carbons (Fsp3) is 0.444. The first kappa shape index (κ1) is 17.9. The number of hydrogen-bond acceptors (Lipinski definition) is 4. The molecule has 2 aromatic heterocycles. The van der Waals surface area contributed by atoms with E-state index in [1.54, 1.807) is 27.0 Å².